The Labute approximate surface area is 163 Å². The lowest BCUT2D eigenvalue weighted by molar-refractivity contribution is -0.138. The Hall–Kier alpha value is -1.61. The number of nitrogens with zero attached hydrogens (tertiary/aromatic N) is 2. The van der Waals surface area contributed by atoms with Crippen LogP contribution in [-0.2, 0) is 21.0 Å². The minimum absolute atomic E-state index is 0.0722. The van der Waals surface area contributed by atoms with Crippen molar-refractivity contribution in [3.05, 3.63) is 29.8 Å². The van der Waals surface area contributed by atoms with Crippen LogP contribution in [0.15, 0.2) is 29.2 Å². The summed E-state index contributed by atoms with van der Waals surface area (Å²) < 4.78 is 65.3. The first kappa shape index (κ1) is 21.1. The van der Waals surface area contributed by atoms with Crippen LogP contribution < -0.4 is 0 Å². The molecule has 2 fully saturated rings. The van der Waals surface area contributed by atoms with Gasteiger partial charge in [0.25, 0.3) is 0 Å². The van der Waals surface area contributed by atoms with Crippen molar-refractivity contribution in [3.63, 3.8) is 0 Å². The van der Waals surface area contributed by atoms with Gasteiger partial charge in [0.15, 0.2) is 0 Å². The van der Waals surface area contributed by atoms with E-state index in [0.717, 1.165) is 38.1 Å². The van der Waals surface area contributed by atoms with E-state index >= 15 is 0 Å². The van der Waals surface area contributed by atoms with Gasteiger partial charge in [-0.1, -0.05) is 13.0 Å². The molecular formula is C19H25F3N2O3S. The molecule has 156 valence electrons. The summed E-state index contributed by atoms with van der Waals surface area (Å²) >= 11 is 0. The van der Waals surface area contributed by atoms with Gasteiger partial charge in [0.05, 0.1) is 10.5 Å². The van der Waals surface area contributed by atoms with Crippen molar-refractivity contribution in [2.45, 2.75) is 43.7 Å². The van der Waals surface area contributed by atoms with Gasteiger partial charge >= 0.3 is 6.18 Å². The lowest BCUT2D eigenvalue weighted by Crippen LogP contribution is -2.46. The van der Waals surface area contributed by atoms with Gasteiger partial charge < -0.3 is 4.90 Å². The van der Waals surface area contributed by atoms with Crippen LogP contribution in [0.5, 0.6) is 0 Å². The molecule has 0 unspecified atom stereocenters. The van der Waals surface area contributed by atoms with Crippen molar-refractivity contribution in [2.24, 2.45) is 11.8 Å². The summed E-state index contributed by atoms with van der Waals surface area (Å²) in [6.07, 6.45) is -1.86. The van der Waals surface area contributed by atoms with Crippen LogP contribution in [0.25, 0.3) is 0 Å². The molecule has 0 spiro atoms. The van der Waals surface area contributed by atoms with E-state index in [4.69, 9.17) is 0 Å². The second-order valence-corrected chi connectivity index (χ2v) is 9.65. The molecule has 2 aliphatic rings. The van der Waals surface area contributed by atoms with E-state index in [2.05, 4.69) is 6.92 Å². The van der Waals surface area contributed by atoms with Crippen LogP contribution in [0, 0.1) is 11.8 Å². The molecule has 0 atom stereocenters. The van der Waals surface area contributed by atoms with E-state index in [-0.39, 0.29) is 29.8 Å². The predicted octanol–water partition coefficient (Wildman–Crippen LogP) is 3.36. The number of sulfonamides is 1. The highest BCUT2D eigenvalue weighted by Gasteiger charge is 2.36. The molecule has 0 aromatic heterocycles. The first-order chi connectivity index (χ1) is 13.1. The number of rotatable bonds is 3. The van der Waals surface area contributed by atoms with Gasteiger partial charge in [-0.05, 0) is 49.8 Å². The summed E-state index contributed by atoms with van der Waals surface area (Å²) in [6, 6.07) is 3.80. The maximum atomic E-state index is 12.9. The van der Waals surface area contributed by atoms with Gasteiger partial charge in [0.1, 0.15) is 0 Å². The highest BCUT2D eigenvalue weighted by atomic mass is 32.2. The lowest BCUT2D eigenvalue weighted by atomic mass is 9.93. The van der Waals surface area contributed by atoms with Crippen LogP contribution in [0.4, 0.5) is 13.2 Å². The summed E-state index contributed by atoms with van der Waals surface area (Å²) in [5.41, 5.74) is -0.988. The highest BCUT2D eigenvalue weighted by Crippen LogP contribution is 2.32. The first-order valence-corrected chi connectivity index (χ1v) is 11.0. The normalized spacial score (nSPS) is 21.1. The van der Waals surface area contributed by atoms with Crippen LogP contribution >= 0.6 is 0 Å². The molecule has 0 N–H and O–H groups in total. The van der Waals surface area contributed by atoms with Gasteiger partial charge in [-0.15, -0.1) is 0 Å². The van der Waals surface area contributed by atoms with Crippen LogP contribution in [-0.4, -0.2) is 49.7 Å². The van der Waals surface area contributed by atoms with E-state index in [9.17, 15) is 26.4 Å². The minimum atomic E-state index is -4.60. The van der Waals surface area contributed by atoms with Crippen molar-refractivity contribution >= 4 is 15.9 Å². The molecule has 28 heavy (non-hydrogen) atoms. The average molecular weight is 418 g/mol. The zero-order valence-electron chi connectivity index (χ0n) is 15.8. The topological polar surface area (TPSA) is 57.7 Å². The molecule has 0 aliphatic carbocycles. The fraction of sp³-hybridized carbons (Fsp3) is 0.632. The largest absolute Gasteiger partial charge is 0.416 e. The molecule has 1 aromatic carbocycles. The average Bonchev–Trinajstić information content (AvgIpc) is 2.67. The SMILES string of the molecule is CC1CCN(C(=O)C2CCN(S(=O)(=O)c3cccc(C(F)(F)F)c3)CC2)CC1. The molecular weight excluding hydrogens is 393 g/mol. The maximum absolute atomic E-state index is 12.9. The summed E-state index contributed by atoms with van der Waals surface area (Å²) in [6.45, 7) is 3.92. The molecule has 2 saturated heterocycles. The lowest BCUT2D eigenvalue weighted by Gasteiger charge is -2.36. The first-order valence-electron chi connectivity index (χ1n) is 9.55. The van der Waals surface area contributed by atoms with E-state index in [1.54, 1.807) is 0 Å². The van der Waals surface area contributed by atoms with Gasteiger partial charge in [0, 0.05) is 32.1 Å². The molecule has 1 amide bonds. The quantitative estimate of drug-likeness (QED) is 0.756. The molecule has 5 nitrogen and oxygen atoms in total. The molecule has 2 aliphatic heterocycles. The maximum Gasteiger partial charge on any atom is 0.416 e. The number of benzene rings is 1. The predicted molar refractivity (Wildman–Crippen MR) is 97.9 cm³/mol. The van der Waals surface area contributed by atoms with E-state index in [0.29, 0.717) is 24.8 Å². The highest BCUT2D eigenvalue weighted by molar-refractivity contribution is 7.89. The Kier molecular flexibility index (Phi) is 6.05. The standard InChI is InChI=1S/C19H25F3N2O3S/c1-14-5-9-23(10-6-14)18(25)15-7-11-24(12-8-15)28(26,27)17-4-2-3-16(13-17)19(20,21)22/h2-4,13-15H,5-12H2,1H3. The Bertz CT molecular complexity index is 810. The molecule has 0 saturated carbocycles. The monoisotopic (exact) mass is 418 g/mol. The fourth-order valence-corrected chi connectivity index (χ4v) is 5.33. The Morgan fingerprint density at radius 1 is 1.04 bits per heavy atom. The number of carbonyl (C=O) groups is 1. The Morgan fingerprint density at radius 3 is 2.21 bits per heavy atom. The van der Waals surface area contributed by atoms with Crippen LogP contribution in [0.3, 0.4) is 0 Å². The number of amides is 1. The minimum Gasteiger partial charge on any atom is -0.342 e. The molecule has 9 heteroatoms. The molecule has 3 rings (SSSR count). The summed E-state index contributed by atoms with van der Waals surface area (Å²) in [4.78, 5) is 14.2. The number of halogens is 3. The van der Waals surface area contributed by atoms with Gasteiger partial charge in [0.2, 0.25) is 15.9 Å². The van der Waals surface area contributed by atoms with Gasteiger partial charge in [-0.3, -0.25) is 4.79 Å². The summed E-state index contributed by atoms with van der Waals surface area (Å²) in [5, 5.41) is 0. The Balaban J connectivity index is 1.65. The second kappa shape index (κ2) is 8.02. The van der Waals surface area contributed by atoms with E-state index < -0.39 is 21.8 Å². The Morgan fingerprint density at radius 2 is 1.64 bits per heavy atom. The number of likely N-dealkylation sites (tertiary alicyclic amines) is 1. The van der Waals surface area contributed by atoms with E-state index in [1.165, 1.54) is 10.4 Å². The van der Waals surface area contributed by atoms with Crippen molar-refractivity contribution in [2.75, 3.05) is 26.2 Å². The van der Waals surface area contributed by atoms with Crippen molar-refractivity contribution < 1.29 is 26.4 Å². The van der Waals surface area contributed by atoms with Crippen molar-refractivity contribution in [1.82, 2.24) is 9.21 Å². The van der Waals surface area contributed by atoms with Gasteiger partial charge in [-0.2, -0.15) is 17.5 Å². The van der Waals surface area contributed by atoms with Gasteiger partial charge in [-0.25, -0.2) is 8.42 Å². The third-order valence-electron chi connectivity index (χ3n) is 5.70. The number of hydrogen-bond donors (Lipinski definition) is 0. The second-order valence-electron chi connectivity index (χ2n) is 7.71. The number of carbonyl (C=O) groups excluding carboxylic acids is 1. The van der Waals surface area contributed by atoms with Crippen LogP contribution in [0.2, 0.25) is 0 Å². The van der Waals surface area contributed by atoms with Crippen LogP contribution in [0.1, 0.15) is 38.2 Å². The number of alkyl halides is 3. The molecule has 0 bridgehead atoms. The van der Waals surface area contributed by atoms with Crippen molar-refractivity contribution in [1.29, 1.82) is 0 Å². The molecule has 0 radical (unpaired) electrons. The smallest absolute Gasteiger partial charge is 0.342 e. The number of hydrogen-bond acceptors (Lipinski definition) is 3. The fourth-order valence-electron chi connectivity index (χ4n) is 3.81. The third kappa shape index (κ3) is 4.51. The molecule has 2 heterocycles. The summed E-state index contributed by atoms with van der Waals surface area (Å²) in [5.74, 6) is 0.466. The third-order valence-corrected chi connectivity index (χ3v) is 7.59. The van der Waals surface area contributed by atoms with E-state index in [1.807, 2.05) is 4.90 Å². The van der Waals surface area contributed by atoms with Crippen molar-refractivity contribution in [3.8, 4) is 0 Å². The molecule has 1 aromatic rings. The summed E-state index contributed by atoms with van der Waals surface area (Å²) in [7, 11) is -4.02. The number of piperidine rings is 2. The zero-order valence-corrected chi connectivity index (χ0v) is 16.6. The zero-order chi connectivity index (χ0) is 20.5.